The van der Waals surface area contributed by atoms with Crippen LogP contribution in [0.4, 0.5) is 5.69 Å². The van der Waals surface area contributed by atoms with Crippen molar-refractivity contribution in [1.29, 1.82) is 0 Å². The third kappa shape index (κ3) is 4.13. The van der Waals surface area contributed by atoms with Crippen molar-refractivity contribution in [3.05, 3.63) is 27.2 Å². The number of anilines is 1. The number of carbonyl (C=O) groups excluding carboxylic acids is 1. The fourth-order valence-corrected chi connectivity index (χ4v) is 3.27. The molecule has 19 heavy (non-hydrogen) atoms. The van der Waals surface area contributed by atoms with Gasteiger partial charge in [0.25, 0.3) is 0 Å². The third-order valence-electron chi connectivity index (χ3n) is 2.23. The van der Waals surface area contributed by atoms with Crippen molar-refractivity contribution < 1.29 is 13.2 Å². The average Bonchev–Trinajstić information content (AvgIpc) is 2.31. The number of halogens is 4. The highest BCUT2D eigenvalue weighted by Crippen LogP contribution is 2.35. The van der Waals surface area contributed by atoms with Gasteiger partial charge in [0, 0.05) is 0 Å². The van der Waals surface area contributed by atoms with E-state index >= 15 is 0 Å². The van der Waals surface area contributed by atoms with E-state index in [-0.39, 0.29) is 26.5 Å². The molecule has 0 amide bonds. The maximum atomic E-state index is 12.0. The van der Waals surface area contributed by atoms with E-state index in [1.54, 1.807) is 0 Å². The van der Waals surface area contributed by atoms with Crippen LogP contribution in [0.3, 0.4) is 0 Å². The molecule has 1 aromatic carbocycles. The van der Waals surface area contributed by atoms with Gasteiger partial charge < -0.3 is 0 Å². The van der Waals surface area contributed by atoms with Crippen molar-refractivity contribution in [1.82, 2.24) is 0 Å². The van der Waals surface area contributed by atoms with E-state index in [1.807, 2.05) is 0 Å². The first kappa shape index (κ1) is 16.9. The molecule has 0 saturated heterocycles. The van der Waals surface area contributed by atoms with Gasteiger partial charge >= 0.3 is 0 Å². The fraction of sp³-hybridized carbons (Fsp3) is 0.300. The van der Waals surface area contributed by atoms with Gasteiger partial charge in [0.2, 0.25) is 15.3 Å². The van der Waals surface area contributed by atoms with Gasteiger partial charge in [-0.1, -0.05) is 34.8 Å². The molecule has 0 unspecified atom stereocenters. The molecule has 1 aromatic rings. The molecule has 0 fully saturated rings. The second-order valence-electron chi connectivity index (χ2n) is 3.48. The predicted molar refractivity (Wildman–Crippen MR) is 79.1 cm³/mol. The predicted octanol–water partition coefficient (Wildman–Crippen LogP) is 3.57. The summed E-state index contributed by atoms with van der Waals surface area (Å²) in [6.45, 7) is 0.905. The Morgan fingerprint density at radius 2 is 1.68 bits per heavy atom. The Morgan fingerprint density at radius 1 is 1.16 bits per heavy atom. The van der Waals surface area contributed by atoms with Crippen LogP contribution in [0.2, 0.25) is 15.1 Å². The second-order valence-corrected chi connectivity index (χ2v) is 7.31. The highest BCUT2D eigenvalue weighted by atomic mass is 35.5. The quantitative estimate of drug-likeness (QED) is 0.592. The van der Waals surface area contributed by atoms with Crippen molar-refractivity contribution in [2.24, 2.45) is 0 Å². The van der Waals surface area contributed by atoms with Gasteiger partial charge in [0.05, 0.1) is 26.5 Å². The van der Waals surface area contributed by atoms with Crippen LogP contribution in [0.5, 0.6) is 0 Å². The summed E-state index contributed by atoms with van der Waals surface area (Å²) in [4.78, 5) is 11.0. The summed E-state index contributed by atoms with van der Waals surface area (Å²) >= 11 is 22.8. The molecular formula is C10H9Cl4NO3S. The first-order chi connectivity index (χ1) is 8.69. The van der Waals surface area contributed by atoms with Crippen LogP contribution in [-0.4, -0.2) is 26.0 Å². The zero-order chi connectivity index (χ0) is 14.8. The summed E-state index contributed by atoms with van der Waals surface area (Å²) < 4.78 is 24.7. The molecule has 106 valence electrons. The first-order valence-corrected chi connectivity index (χ1v) is 8.14. The van der Waals surface area contributed by atoms with Crippen molar-refractivity contribution in [3.63, 3.8) is 0 Å². The van der Waals surface area contributed by atoms with Crippen LogP contribution >= 0.6 is 46.4 Å². The van der Waals surface area contributed by atoms with Gasteiger partial charge in [-0.2, -0.15) is 0 Å². The zero-order valence-electron chi connectivity index (χ0n) is 9.66. The molecule has 0 N–H and O–H groups in total. The number of carbonyl (C=O) groups is 1. The Labute approximate surface area is 131 Å². The van der Waals surface area contributed by atoms with E-state index in [0.29, 0.717) is 0 Å². The molecule has 0 spiro atoms. The molecule has 0 heterocycles. The van der Waals surface area contributed by atoms with Crippen LogP contribution in [-0.2, 0) is 14.8 Å². The van der Waals surface area contributed by atoms with Crippen molar-refractivity contribution in [2.45, 2.75) is 6.92 Å². The molecule has 0 aliphatic heterocycles. The summed E-state index contributed by atoms with van der Waals surface area (Å²) in [7, 11) is -3.72. The lowest BCUT2D eigenvalue weighted by Crippen LogP contribution is -2.35. The Balaban J connectivity index is 3.41. The SMILES string of the molecule is CCS(=O)(=O)N(CC(=O)Cl)c1cc(Cl)c(Cl)cc1Cl. The molecule has 0 aliphatic carbocycles. The topological polar surface area (TPSA) is 54.5 Å². The highest BCUT2D eigenvalue weighted by molar-refractivity contribution is 7.92. The fourth-order valence-electron chi connectivity index (χ4n) is 1.31. The van der Waals surface area contributed by atoms with Crippen LogP contribution < -0.4 is 4.31 Å². The van der Waals surface area contributed by atoms with Gasteiger partial charge in [0.15, 0.2) is 0 Å². The van der Waals surface area contributed by atoms with Gasteiger partial charge in [-0.05, 0) is 30.7 Å². The molecule has 0 aromatic heterocycles. The number of hydrogen-bond donors (Lipinski definition) is 0. The number of benzene rings is 1. The molecule has 0 aliphatic rings. The van der Waals surface area contributed by atoms with Gasteiger partial charge in [-0.25, -0.2) is 8.42 Å². The average molecular weight is 365 g/mol. The van der Waals surface area contributed by atoms with Gasteiger partial charge in [0.1, 0.15) is 6.54 Å². The Bertz CT molecular complexity index is 603. The standard InChI is InChI=1S/C10H9Cl4NO3S/c1-2-19(17,18)15(5-10(14)16)9-4-7(12)6(11)3-8(9)13/h3-4H,2,5H2,1H3. The van der Waals surface area contributed by atoms with Gasteiger partial charge in [-0.15, -0.1) is 0 Å². The molecule has 1 rings (SSSR count). The molecule has 9 heteroatoms. The van der Waals surface area contributed by atoms with Crippen molar-refractivity contribution in [2.75, 3.05) is 16.6 Å². The smallest absolute Gasteiger partial charge is 0.242 e. The van der Waals surface area contributed by atoms with Gasteiger partial charge in [-0.3, -0.25) is 9.10 Å². The van der Waals surface area contributed by atoms with Crippen molar-refractivity contribution in [3.8, 4) is 0 Å². The van der Waals surface area contributed by atoms with E-state index < -0.39 is 21.8 Å². The van der Waals surface area contributed by atoms with E-state index in [2.05, 4.69) is 0 Å². The van der Waals surface area contributed by atoms with E-state index in [1.165, 1.54) is 19.1 Å². The Hall–Kier alpha value is -0.200. The molecule has 4 nitrogen and oxygen atoms in total. The summed E-state index contributed by atoms with van der Waals surface area (Å²) in [5, 5.41) is -0.468. The second kappa shape index (κ2) is 6.50. The highest BCUT2D eigenvalue weighted by Gasteiger charge is 2.25. The molecule has 0 radical (unpaired) electrons. The lowest BCUT2D eigenvalue weighted by Gasteiger charge is -2.23. The van der Waals surface area contributed by atoms with E-state index in [4.69, 9.17) is 46.4 Å². The van der Waals surface area contributed by atoms with Crippen LogP contribution in [0.1, 0.15) is 6.92 Å². The zero-order valence-corrected chi connectivity index (χ0v) is 13.5. The Morgan fingerprint density at radius 3 is 2.16 bits per heavy atom. The summed E-state index contributed by atoms with van der Waals surface area (Å²) in [6.07, 6.45) is 0. The summed E-state index contributed by atoms with van der Waals surface area (Å²) in [6, 6.07) is 2.58. The minimum absolute atomic E-state index is 0.0596. The lowest BCUT2D eigenvalue weighted by molar-refractivity contribution is -0.110. The summed E-state index contributed by atoms with van der Waals surface area (Å²) in [5.74, 6) is -0.215. The lowest BCUT2D eigenvalue weighted by atomic mass is 10.3. The normalized spacial score (nSPS) is 11.4. The van der Waals surface area contributed by atoms with Crippen molar-refractivity contribution >= 4 is 67.4 Å². The summed E-state index contributed by atoms with van der Waals surface area (Å²) in [5.41, 5.74) is 0.0620. The maximum absolute atomic E-state index is 12.0. The van der Waals surface area contributed by atoms with Crippen LogP contribution in [0.25, 0.3) is 0 Å². The Kier molecular flexibility index (Phi) is 5.77. The number of rotatable bonds is 5. The molecule has 0 bridgehead atoms. The first-order valence-electron chi connectivity index (χ1n) is 5.02. The maximum Gasteiger partial charge on any atom is 0.242 e. The van der Waals surface area contributed by atoms with Crippen LogP contribution in [0, 0.1) is 0 Å². The van der Waals surface area contributed by atoms with E-state index in [9.17, 15) is 13.2 Å². The third-order valence-corrected chi connectivity index (χ3v) is 5.10. The monoisotopic (exact) mass is 363 g/mol. The molecular weight excluding hydrogens is 356 g/mol. The van der Waals surface area contributed by atoms with Crippen LogP contribution in [0.15, 0.2) is 12.1 Å². The molecule has 0 atom stereocenters. The number of hydrogen-bond acceptors (Lipinski definition) is 3. The van der Waals surface area contributed by atoms with E-state index in [0.717, 1.165) is 4.31 Å². The molecule has 0 saturated carbocycles. The largest absolute Gasteiger partial charge is 0.279 e. The minimum atomic E-state index is -3.72. The number of nitrogens with zero attached hydrogens (tertiary/aromatic N) is 1. The number of sulfonamides is 1. The minimum Gasteiger partial charge on any atom is -0.279 e.